The Morgan fingerprint density at radius 1 is 1.05 bits per heavy atom. The number of nitrogens with two attached hydrogens (primary N) is 1. The number of carbonyl (C=O) groups excluding carboxylic acids is 2. The number of carboxylic acids is 1. The van der Waals surface area contributed by atoms with E-state index in [4.69, 9.17) is 10.5 Å². The number of aromatic carboxylic acids is 1. The lowest BCUT2D eigenvalue weighted by molar-refractivity contribution is -0.123. The van der Waals surface area contributed by atoms with Gasteiger partial charge in [0.25, 0.3) is 0 Å². The highest BCUT2D eigenvalue weighted by Gasteiger charge is 2.25. The van der Waals surface area contributed by atoms with E-state index in [0.29, 0.717) is 23.4 Å². The van der Waals surface area contributed by atoms with Crippen molar-refractivity contribution in [2.75, 3.05) is 7.11 Å². The lowest BCUT2D eigenvalue weighted by atomic mass is 9.93. The van der Waals surface area contributed by atoms with E-state index in [1.807, 2.05) is 51.1 Å². The third-order valence-corrected chi connectivity index (χ3v) is 7.21. The zero-order valence-corrected chi connectivity index (χ0v) is 24.0. The predicted molar refractivity (Wildman–Crippen MR) is 159 cm³/mol. The van der Waals surface area contributed by atoms with Gasteiger partial charge in [-0.15, -0.1) is 0 Å². The average Bonchev–Trinajstić information content (AvgIpc) is 3.48. The Bertz CT molecular complexity index is 1580. The Morgan fingerprint density at radius 3 is 2.36 bits per heavy atom. The summed E-state index contributed by atoms with van der Waals surface area (Å²) in [4.78, 5) is 44.9. The third-order valence-electron chi connectivity index (χ3n) is 7.21. The summed E-state index contributed by atoms with van der Waals surface area (Å²) in [5, 5.41) is 15.9. The highest BCUT2D eigenvalue weighted by molar-refractivity contribution is 5.93. The minimum atomic E-state index is -1.12. The van der Waals surface area contributed by atoms with Gasteiger partial charge >= 0.3 is 5.97 Å². The summed E-state index contributed by atoms with van der Waals surface area (Å²) in [6.45, 7) is 5.81. The number of nitrogens with zero attached hydrogens (tertiary/aromatic N) is 1. The topological polar surface area (TPSA) is 159 Å². The van der Waals surface area contributed by atoms with Crippen molar-refractivity contribution in [3.05, 3.63) is 106 Å². The molecule has 0 spiro atoms. The lowest BCUT2D eigenvalue weighted by Gasteiger charge is -2.24. The number of amides is 2. The maximum absolute atomic E-state index is 13.6. The number of H-pyrrole nitrogens is 1. The monoisotopic (exact) mass is 569 g/mol. The summed E-state index contributed by atoms with van der Waals surface area (Å²) < 4.78 is 5.14. The number of ether oxygens (including phenoxy) is 1. The molecular weight excluding hydrogens is 534 g/mol. The second kappa shape index (κ2) is 13.1. The average molecular weight is 570 g/mol. The number of rotatable bonds is 12. The van der Waals surface area contributed by atoms with Crippen molar-refractivity contribution in [3.8, 4) is 17.0 Å². The summed E-state index contributed by atoms with van der Waals surface area (Å²) in [5.74, 6) is -0.995. The van der Waals surface area contributed by atoms with Crippen LogP contribution in [0.25, 0.3) is 11.3 Å². The number of methoxy groups -OCH3 is 1. The van der Waals surface area contributed by atoms with Gasteiger partial charge in [-0.05, 0) is 79.3 Å². The molecule has 6 N–H and O–H groups in total. The van der Waals surface area contributed by atoms with E-state index in [0.717, 1.165) is 27.9 Å². The Kier molecular flexibility index (Phi) is 9.39. The highest BCUT2D eigenvalue weighted by atomic mass is 16.5. The van der Waals surface area contributed by atoms with E-state index in [9.17, 15) is 19.5 Å². The van der Waals surface area contributed by atoms with Crippen LogP contribution < -0.4 is 21.1 Å². The molecule has 42 heavy (non-hydrogen) atoms. The van der Waals surface area contributed by atoms with Gasteiger partial charge in [-0.25, -0.2) is 9.78 Å². The molecule has 10 heteroatoms. The Balaban J connectivity index is 1.58. The molecule has 2 amide bonds. The first kappa shape index (κ1) is 30.0. The van der Waals surface area contributed by atoms with Crippen LogP contribution in [0.2, 0.25) is 0 Å². The van der Waals surface area contributed by atoms with Crippen LogP contribution >= 0.6 is 0 Å². The first-order chi connectivity index (χ1) is 20.1. The molecule has 0 unspecified atom stereocenters. The number of primary amides is 1. The number of aromatic nitrogens is 2. The summed E-state index contributed by atoms with van der Waals surface area (Å²) >= 11 is 0. The fourth-order valence-corrected chi connectivity index (χ4v) is 4.94. The normalized spacial score (nSPS) is 12.4. The van der Waals surface area contributed by atoms with Crippen LogP contribution in [0, 0.1) is 13.8 Å². The van der Waals surface area contributed by atoms with Gasteiger partial charge in [0.2, 0.25) is 11.8 Å². The standard InChI is InChI=1S/C32H35N5O5/c1-18-12-23(29(33)38)13-19(2)24(18)15-26(31(39)35-16-21-10-11-28(42-4)25(14-21)32(40)41)36-20(3)30-34-17-27(37-30)22-8-6-5-7-9-22/h5-14,17,20,26,36H,15-16H2,1-4H3,(H2,33,38)(H,34,37)(H,35,39)(H,40,41)/t20-,26-/m0/s1. The molecule has 4 rings (SSSR count). The maximum Gasteiger partial charge on any atom is 0.339 e. The molecular formula is C32H35N5O5. The number of hydrogen-bond donors (Lipinski definition) is 5. The second-order valence-electron chi connectivity index (χ2n) is 10.2. The van der Waals surface area contributed by atoms with Crippen molar-refractivity contribution < 1.29 is 24.2 Å². The van der Waals surface area contributed by atoms with Crippen molar-refractivity contribution in [2.45, 2.75) is 45.8 Å². The minimum Gasteiger partial charge on any atom is -0.496 e. The number of carboxylic acid groups (broad SMARTS) is 1. The quantitative estimate of drug-likeness (QED) is 0.172. The van der Waals surface area contributed by atoms with E-state index in [1.54, 1.807) is 30.5 Å². The first-order valence-electron chi connectivity index (χ1n) is 13.5. The summed E-state index contributed by atoms with van der Waals surface area (Å²) in [7, 11) is 1.41. The van der Waals surface area contributed by atoms with Crippen molar-refractivity contribution in [3.63, 3.8) is 0 Å². The summed E-state index contributed by atoms with van der Waals surface area (Å²) in [5.41, 5.74) is 11.0. The second-order valence-corrected chi connectivity index (χ2v) is 10.2. The summed E-state index contributed by atoms with van der Waals surface area (Å²) in [6, 6.07) is 17.0. The van der Waals surface area contributed by atoms with E-state index in [1.165, 1.54) is 13.2 Å². The highest BCUT2D eigenvalue weighted by Crippen LogP contribution is 2.23. The molecule has 1 aromatic heterocycles. The number of carbonyl (C=O) groups is 3. The van der Waals surface area contributed by atoms with E-state index in [-0.39, 0.29) is 29.8 Å². The Morgan fingerprint density at radius 2 is 1.74 bits per heavy atom. The zero-order valence-electron chi connectivity index (χ0n) is 24.0. The number of aryl methyl sites for hydroxylation is 2. The number of nitrogens with one attached hydrogen (secondary N) is 3. The van der Waals surface area contributed by atoms with Crippen LogP contribution in [0.4, 0.5) is 0 Å². The minimum absolute atomic E-state index is 0.0142. The number of imidazole rings is 1. The largest absolute Gasteiger partial charge is 0.496 e. The number of aromatic amines is 1. The molecule has 0 saturated carbocycles. The first-order valence-corrected chi connectivity index (χ1v) is 13.5. The predicted octanol–water partition coefficient (Wildman–Crippen LogP) is 4.08. The SMILES string of the molecule is COc1ccc(CNC(=O)[C@H](Cc2c(C)cc(C(N)=O)cc2C)N[C@@H](C)c2ncc(-c3ccccc3)[nH]2)cc1C(=O)O. The van der Waals surface area contributed by atoms with Crippen LogP contribution in [-0.4, -0.2) is 46.0 Å². The summed E-state index contributed by atoms with van der Waals surface area (Å²) in [6.07, 6.45) is 2.10. The van der Waals surface area contributed by atoms with Gasteiger partial charge in [-0.2, -0.15) is 0 Å². The fraction of sp³-hybridized carbons (Fsp3) is 0.250. The molecule has 3 aromatic carbocycles. The fourth-order valence-electron chi connectivity index (χ4n) is 4.94. The Hall–Kier alpha value is -4.96. The molecule has 0 aliphatic heterocycles. The lowest BCUT2D eigenvalue weighted by Crippen LogP contribution is -2.46. The molecule has 0 aliphatic rings. The molecule has 2 atom stereocenters. The van der Waals surface area contributed by atoms with Crippen LogP contribution in [0.1, 0.15) is 61.8 Å². The van der Waals surface area contributed by atoms with E-state index >= 15 is 0 Å². The zero-order chi connectivity index (χ0) is 30.4. The van der Waals surface area contributed by atoms with Crippen molar-refractivity contribution in [2.24, 2.45) is 5.73 Å². The molecule has 0 bridgehead atoms. The van der Waals surface area contributed by atoms with Crippen LogP contribution in [0.5, 0.6) is 5.75 Å². The molecule has 4 aromatic rings. The molecule has 218 valence electrons. The van der Waals surface area contributed by atoms with E-state index in [2.05, 4.69) is 20.6 Å². The maximum atomic E-state index is 13.6. The molecule has 0 saturated heterocycles. The third kappa shape index (κ3) is 7.02. The van der Waals surface area contributed by atoms with Crippen LogP contribution in [-0.2, 0) is 17.8 Å². The van der Waals surface area contributed by atoms with Crippen LogP contribution in [0.3, 0.4) is 0 Å². The van der Waals surface area contributed by atoms with Gasteiger partial charge in [0, 0.05) is 12.1 Å². The van der Waals surface area contributed by atoms with Gasteiger partial charge in [-0.1, -0.05) is 36.4 Å². The van der Waals surface area contributed by atoms with Crippen LogP contribution in [0.15, 0.2) is 66.9 Å². The molecule has 0 fully saturated rings. The van der Waals surface area contributed by atoms with Gasteiger partial charge in [0.15, 0.2) is 0 Å². The molecule has 1 heterocycles. The molecule has 10 nitrogen and oxygen atoms in total. The smallest absolute Gasteiger partial charge is 0.339 e. The van der Waals surface area contributed by atoms with Gasteiger partial charge in [-0.3, -0.25) is 14.9 Å². The van der Waals surface area contributed by atoms with Crippen molar-refractivity contribution in [1.29, 1.82) is 0 Å². The van der Waals surface area contributed by atoms with Crippen molar-refractivity contribution >= 4 is 17.8 Å². The molecule has 0 radical (unpaired) electrons. The molecule has 0 aliphatic carbocycles. The van der Waals surface area contributed by atoms with Gasteiger partial charge < -0.3 is 25.9 Å². The number of hydrogen-bond acceptors (Lipinski definition) is 6. The van der Waals surface area contributed by atoms with Crippen molar-refractivity contribution in [1.82, 2.24) is 20.6 Å². The Labute approximate surface area is 244 Å². The van der Waals surface area contributed by atoms with Gasteiger partial charge in [0.1, 0.15) is 17.1 Å². The van der Waals surface area contributed by atoms with Gasteiger partial charge in [0.05, 0.1) is 31.1 Å². The number of benzene rings is 3. The van der Waals surface area contributed by atoms with E-state index < -0.39 is 17.9 Å².